The third kappa shape index (κ3) is 18.9. The molecule has 0 saturated carbocycles. The van der Waals surface area contributed by atoms with Gasteiger partial charge in [-0.1, -0.05) is 13.2 Å². The molecule has 16 nitrogen and oxygen atoms in total. The van der Waals surface area contributed by atoms with Crippen molar-refractivity contribution in [3.63, 3.8) is 0 Å². The average Bonchev–Trinajstić information content (AvgIpc) is 3.35. The molecule has 16 heteroatoms. The molecule has 4 rings (SSSR count). The minimum absolute atomic E-state index is 0.0339. The summed E-state index contributed by atoms with van der Waals surface area (Å²) in [5.74, 6) is -2.37. The normalized spacial score (nSPS) is 10.4. The Labute approximate surface area is 394 Å². The molecule has 358 valence electrons. The fourth-order valence-electron chi connectivity index (χ4n) is 6.12. The summed E-state index contributed by atoms with van der Waals surface area (Å²) >= 11 is 0. The van der Waals surface area contributed by atoms with Gasteiger partial charge in [-0.3, -0.25) is 14.4 Å². The molecule has 0 aliphatic carbocycles. The molecule has 68 heavy (non-hydrogen) atoms. The molecule has 0 N–H and O–H groups in total. The first-order valence-electron chi connectivity index (χ1n) is 22.1. The summed E-state index contributed by atoms with van der Waals surface area (Å²) in [5.41, 5.74) is 0.137. The van der Waals surface area contributed by atoms with E-state index in [-0.39, 0.29) is 64.5 Å². The van der Waals surface area contributed by atoms with E-state index in [1.165, 1.54) is 48.5 Å². The summed E-state index contributed by atoms with van der Waals surface area (Å²) in [5, 5.41) is 0. The highest BCUT2D eigenvalue weighted by Gasteiger charge is 2.18. The third-order valence-corrected chi connectivity index (χ3v) is 9.75. The van der Waals surface area contributed by atoms with Crippen LogP contribution in [0.25, 0.3) is 0 Å². The fourth-order valence-corrected chi connectivity index (χ4v) is 6.12. The molecule has 0 saturated heterocycles. The van der Waals surface area contributed by atoms with Gasteiger partial charge in [-0.15, -0.1) is 0 Å². The molecule has 0 aliphatic heterocycles. The first-order chi connectivity index (χ1) is 33.0. The lowest BCUT2D eigenvalue weighted by Gasteiger charge is -2.10. The van der Waals surface area contributed by atoms with Gasteiger partial charge in [0.15, 0.2) is 12.6 Å². The van der Waals surface area contributed by atoms with Crippen molar-refractivity contribution in [2.24, 2.45) is 0 Å². The summed E-state index contributed by atoms with van der Waals surface area (Å²) in [6.07, 6.45) is 10.3. The summed E-state index contributed by atoms with van der Waals surface area (Å²) in [4.78, 5) is 96.8. The Morgan fingerprint density at radius 1 is 0.426 bits per heavy atom. The van der Waals surface area contributed by atoms with Gasteiger partial charge in [0.1, 0.15) is 28.7 Å². The molecule has 0 radical (unpaired) electrons. The van der Waals surface area contributed by atoms with Crippen molar-refractivity contribution in [2.75, 3.05) is 33.0 Å². The van der Waals surface area contributed by atoms with Gasteiger partial charge in [-0.2, -0.15) is 0 Å². The smallest absolute Gasteiger partial charge is 0.344 e. The summed E-state index contributed by atoms with van der Waals surface area (Å²) in [7, 11) is 0. The van der Waals surface area contributed by atoms with Crippen molar-refractivity contribution in [2.45, 2.75) is 70.6 Å². The standard InChI is InChI=1S/C52H54O16/c1-3-47(55)63-30-12-7-5-10-28-61-41-19-16-37(17-20-41)51(59)68-46-27-18-38(33-40(46)36-54)50(58)65-32-14-9-15-49(57)66-44-25-26-45(39(34-44)35-53)52(60)67-43-23-21-42(22-24-43)62-29-11-6-8-13-31-64-48(56)4-2/h3-4,16-27,33-36H,1-2,5-15,28-32H2. The SMILES string of the molecule is C=CC(=O)OCCCCCCOc1ccc(OC(=O)c2ccc(OC(=O)CCCCOC(=O)c3ccc(OC(=O)c4ccc(OCCCCCCOC(=O)C=C)cc4)c(C=O)c3)cc2C=O)cc1. The number of carbonyl (C=O) groups is 8. The molecule has 0 heterocycles. The van der Waals surface area contributed by atoms with Crippen LogP contribution in [-0.4, -0.2) is 81.4 Å². The Morgan fingerprint density at radius 2 is 0.926 bits per heavy atom. The molecule has 0 bridgehead atoms. The van der Waals surface area contributed by atoms with Crippen molar-refractivity contribution in [3.8, 4) is 28.7 Å². The van der Waals surface area contributed by atoms with Crippen molar-refractivity contribution >= 4 is 48.4 Å². The second-order valence-corrected chi connectivity index (χ2v) is 14.8. The maximum Gasteiger partial charge on any atom is 0.344 e. The van der Waals surface area contributed by atoms with Gasteiger partial charge in [-0.05, 0) is 149 Å². The summed E-state index contributed by atoms with van der Waals surface area (Å²) in [6.45, 7) is 8.30. The largest absolute Gasteiger partial charge is 0.494 e. The topological polar surface area (TPSA) is 210 Å². The molecular formula is C52H54O16. The second kappa shape index (κ2) is 29.6. The molecule has 0 amide bonds. The van der Waals surface area contributed by atoms with E-state index < -0.39 is 35.8 Å². The number of benzene rings is 4. The van der Waals surface area contributed by atoms with Gasteiger partial charge in [0.05, 0.1) is 55.3 Å². The maximum absolute atomic E-state index is 12.9. The van der Waals surface area contributed by atoms with Crippen molar-refractivity contribution in [3.05, 3.63) is 138 Å². The number of carbonyl (C=O) groups excluding carboxylic acids is 8. The number of aldehydes is 2. The first-order valence-corrected chi connectivity index (χ1v) is 22.1. The highest BCUT2D eigenvalue weighted by molar-refractivity contribution is 6.00. The van der Waals surface area contributed by atoms with Crippen molar-refractivity contribution in [1.82, 2.24) is 0 Å². The molecule has 0 unspecified atom stereocenters. The van der Waals surface area contributed by atoms with Crippen LogP contribution in [0.3, 0.4) is 0 Å². The molecule has 4 aromatic rings. The number of rotatable bonds is 31. The van der Waals surface area contributed by atoms with Crippen molar-refractivity contribution in [1.29, 1.82) is 0 Å². The molecule has 0 atom stereocenters. The maximum atomic E-state index is 12.9. The van der Waals surface area contributed by atoms with Gasteiger partial charge in [0, 0.05) is 24.1 Å². The molecule has 0 spiro atoms. The highest BCUT2D eigenvalue weighted by Crippen LogP contribution is 2.24. The quantitative estimate of drug-likeness (QED) is 0.0115. The number of unbranched alkanes of at least 4 members (excludes halogenated alkanes) is 7. The Kier molecular flexibility index (Phi) is 23.0. The minimum atomic E-state index is -0.790. The molecule has 0 aliphatic rings. The van der Waals surface area contributed by atoms with E-state index in [2.05, 4.69) is 13.2 Å². The monoisotopic (exact) mass is 934 g/mol. The first kappa shape index (κ1) is 52.7. The minimum Gasteiger partial charge on any atom is -0.494 e. The summed E-state index contributed by atoms with van der Waals surface area (Å²) < 4.78 is 42.9. The second-order valence-electron chi connectivity index (χ2n) is 14.8. The molecular weight excluding hydrogens is 881 g/mol. The summed E-state index contributed by atoms with van der Waals surface area (Å²) in [6, 6.07) is 20.6. The fraction of sp³-hybridized carbons (Fsp3) is 0.308. The predicted molar refractivity (Wildman–Crippen MR) is 246 cm³/mol. The van der Waals surface area contributed by atoms with Crippen LogP contribution < -0.4 is 23.7 Å². The van der Waals surface area contributed by atoms with Gasteiger partial charge in [0.25, 0.3) is 0 Å². The van der Waals surface area contributed by atoms with Gasteiger partial charge in [-0.25, -0.2) is 24.0 Å². The molecule has 0 aromatic heterocycles. The van der Waals surface area contributed by atoms with Crippen LogP contribution >= 0.6 is 0 Å². The number of ether oxygens (including phenoxy) is 8. The zero-order valence-electron chi connectivity index (χ0n) is 37.7. The van der Waals surface area contributed by atoms with E-state index in [4.69, 9.17) is 37.9 Å². The van der Waals surface area contributed by atoms with Crippen LogP contribution in [0.1, 0.15) is 122 Å². The highest BCUT2D eigenvalue weighted by atomic mass is 16.6. The van der Waals surface area contributed by atoms with E-state index in [0.29, 0.717) is 56.9 Å². The van der Waals surface area contributed by atoms with Gasteiger partial charge >= 0.3 is 35.8 Å². The Balaban J connectivity index is 1.12. The van der Waals surface area contributed by atoms with Crippen molar-refractivity contribution < 1.29 is 76.3 Å². The van der Waals surface area contributed by atoms with Gasteiger partial charge < -0.3 is 37.9 Å². The van der Waals surface area contributed by atoms with Crippen LogP contribution in [0.2, 0.25) is 0 Å². The molecule has 4 aromatic carbocycles. The zero-order chi connectivity index (χ0) is 48.9. The van der Waals surface area contributed by atoms with Crippen LogP contribution in [0.4, 0.5) is 0 Å². The van der Waals surface area contributed by atoms with Gasteiger partial charge in [0.2, 0.25) is 0 Å². The number of hydrogen-bond donors (Lipinski definition) is 0. The van der Waals surface area contributed by atoms with E-state index >= 15 is 0 Å². The number of hydrogen-bond acceptors (Lipinski definition) is 16. The lowest BCUT2D eigenvalue weighted by molar-refractivity contribution is -0.138. The van der Waals surface area contributed by atoms with E-state index in [1.54, 1.807) is 36.4 Å². The Bertz CT molecular complexity index is 2350. The Hall–Kier alpha value is -7.88. The van der Waals surface area contributed by atoms with E-state index in [1.807, 2.05) is 0 Å². The van der Waals surface area contributed by atoms with E-state index in [0.717, 1.165) is 63.5 Å². The Morgan fingerprint density at radius 3 is 1.50 bits per heavy atom. The number of esters is 6. The average molecular weight is 935 g/mol. The van der Waals surface area contributed by atoms with Crippen LogP contribution in [0, 0.1) is 0 Å². The van der Waals surface area contributed by atoms with Crippen LogP contribution in [-0.2, 0) is 28.6 Å². The zero-order valence-corrected chi connectivity index (χ0v) is 37.7. The van der Waals surface area contributed by atoms with Crippen LogP contribution in [0.5, 0.6) is 28.7 Å². The molecule has 0 fully saturated rings. The predicted octanol–water partition coefficient (Wildman–Crippen LogP) is 9.02. The lowest BCUT2D eigenvalue weighted by atomic mass is 10.1. The lowest BCUT2D eigenvalue weighted by Crippen LogP contribution is -2.13. The van der Waals surface area contributed by atoms with Crippen LogP contribution in [0.15, 0.2) is 110 Å². The third-order valence-electron chi connectivity index (χ3n) is 9.75. The van der Waals surface area contributed by atoms with E-state index in [9.17, 15) is 38.4 Å².